The van der Waals surface area contributed by atoms with E-state index in [1.807, 2.05) is 18.2 Å². The maximum atomic E-state index is 12.6. The SMILES string of the molecule is CC[Si](CC)(CC)OC(CCC(=O)c1ccc(Cl)cc1)c1ccccc1. The molecule has 1 unspecified atom stereocenters. The van der Waals surface area contributed by atoms with Crippen LogP contribution in [-0.2, 0) is 4.43 Å². The van der Waals surface area contributed by atoms with Crippen molar-refractivity contribution in [3.05, 3.63) is 70.7 Å². The minimum absolute atomic E-state index is 0.0148. The fourth-order valence-electron chi connectivity index (χ4n) is 3.31. The van der Waals surface area contributed by atoms with Crippen LogP contribution in [0.4, 0.5) is 0 Å². The Morgan fingerprint density at radius 3 is 2.08 bits per heavy atom. The number of hydrogen-bond donors (Lipinski definition) is 0. The van der Waals surface area contributed by atoms with Crippen molar-refractivity contribution in [2.75, 3.05) is 0 Å². The van der Waals surface area contributed by atoms with E-state index in [2.05, 4.69) is 32.9 Å². The minimum atomic E-state index is -1.75. The normalized spacial score (nSPS) is 12.8. The molecule has 0 aromatic heterocycles. The molecule has 4 heteroatoms. The molecular formula is C22H29ClO2Si. The highest BCUT2D eigenvalue weighted by molar-refractivity contribution is 6.73. The molecule has 0 fully saturated rings. The van der Waals surface area contributed by atoms with Gasteiger partial charge in [-0.1, -0.05) is 62.7 Å². The Labute approximate surface area is 163 Å². The predicted molar refractivity (Wildman–Crippen MR) is 112 cm³/mol. The van der Waals surface area contributed by atoms with E-state index in [9.17, 15) is 4.79 Å². The van der Waals surface area contributed by atoms with E-state index in [0.717, 1.165) is 18.1 Å². The lowest BCUT2D eigenvalue weighted by Gasteiger charge is -2.33. The third kappa shape index (κ3) is 5.54. The van der Waals surface area contributed by atoms with Gasteiger partial charge >= 0.3 is 0 Å². The lowest BCUT2D eigenvalue weighted by atomic mass is 10.0. The largest absolute Gasteiger partial charge is 0.410 e. The zero-order valence-corrected chi connectivity index (χ0v) is 17.8. The summed E-state index contributed by atoms with van der Waals surface area (Å²) in [5.74, 6) is 0.142. The fraction of sp³-hybridized carbons (Fsp3) is 0.409. The maximum Gasteiger partial charge on any atom is 0.192 e. The quantitative estimate of drug-likeness (QED) is 0.321. The topological polar surface area (TPSA) is 26.3 Å². The summed E-state index contributed by atoms with van der Waals surface area (Å²) in [6.07, 6.45) is 1.17. The number of carbonyl (C=O) groups excluding carboxylic acids is 1. The van der Waals surface area contributed by atoms with Crippen molar-refractivity contribution in [1.82, 2.24) is 0 Å². The van der Waals surface area contributed by atoms with Crippen molar-refractivity contribution in [3.63, 3.8) is 0 Å². The van der Waals surface area contributed by atoms with Crippen LogP contribution in [0, 0.1) is 0 Å². The molecule has 140 valence electrons. The van der Waals surface area contributed by atoms with Gasteiger partial charge in [0.2, 0.25) is 0 Å². The van der Waals surface area contributed by atoms with Crippen LogP contribution < -0.4 is 0 Å². The molecule has 1 atom stereocenters. The number of Topliss-reactive ketones (excluding diaryl/α,β-unsaturated/α-hetero) is 1. The first kappa shape index (κ1) is 20.9. The highest BCUT2D eigenvalue weighted by Gasteiger charge is 2.32. The molecule has 2 aromatic rings. The summed E-state index contributed by atoms with van der Waals surface area (Å²) >= 11 is 5.92. The second-order valence-corrected chi connectivity index (χ2v) is 11.9. The number of benzene rings is 2. The van der Waals surface area contributed by atoms with E-state index < -0.39 is 8.32 Å². The van der Waals surface area contributed by atoms with Crippen LogP contribution in [0.25, 0.3) is 0 Å². The Morgan fingerprint density at radius 1 is 0.962 bits per heavy atom. The molecule has 0 aliphatic carbocycles. The van der Waals surface area contributed by atoms with Crippen molar-refractivity contribution >= 4 is 25.7 Å². The van der Waals surface area contributed by atoms with E-state index in [-0.39, 0.29) is 11.9 Å². The zero-order valence-electron chi connectivity index (χ0n) is 16.0. The smallest absolute Gasteiger partial charge is 0.192 e. The minimum Gasteiger partial charge on any atom is -0.410 e. The summed E-state index contributed by atoms with van der Waals surface area (Å²) < 4.78 is 6.74. The molecule has 26 heavy (non-hydrogen) atoms. The molecule has 0 saturated heterocycles. The predicted octanol–water partition coefficient (Wildman–Crippen LogP) is 7.07. The van der Waals surface area contributed by atoms with E-state index in [4.69, 9.17) is 16.0 Å². The molecule has 2 rings (SSSR count). The molecule has 0 amide bonds. The summed E-state index contributed by atoms with van der Waals surface area (Å²) in [5, 5.41) is 0.650. The molecule has 2 nitrogen and oxygen atoms in total. The van der Waals surface area contributed by atoms with Gasteiger partial charge in [0.25, 0.3) is 0 Å². The number of halogens is 1. The van der Waals surface area contributed by atoms with Crippen LogP contribution in [0.5, 0.6) is 0 Å². The van der Waals surface area contributed by atoms with Crippen LogP contribution in [0.2, 0.25) is 23.2 Å². The molecule has 0 aliphatic rings. The van der Waals surface area contributed by atoms with Crippen molar-refractivity contribution in [3.8, 4) is 0 Å². The van der Waals surface area contributed by atoms with Crippen molar-refractivity contribution in [2.45, 2.75) is 57.8 Å². The molecule has 0 saturated carbocycles. The van der Waals surface area contributed by atoms with E-state index in [0.29, 0.717) is 23.4 Å². The number of rotatable bonds is 10. The number of ketones is 1. The van der Waals surface area contributed by atoms with Crippen molar-refractivity contribution < 1.29 is 9.22 Å². The molecule has 0 bridgehead atoms. The van der Waals surface area contributed by atoms with Crippen LogP contribution in [0.3, 0.4) is 0 Å². The summed E-state index contributed by atoms with van der Waals surface area (Å²) in [6.45, 7) is 6.71. The van der Waals surface area contributed by atoms with Gasteiger partial charge in [0.15, 0.2) is 14.1 Å². The number of carbonyl (C=O) groups is 1. The average Bonchev–Trinajstić information content (AvgIpc) is 2.70. The Hall–Kier alpha value is -1.42. The van der Waals surface area contributed by atoms with Gasteiger partial charge in [0.05, 0.1) is 6.10 Å². The van der Waals surface area contributed by atoms with Crippen LogP contribution in [-0.4, -0.2) is 14.1 Å². The van der Waals surface area contributed by atoms with Crippen molar-refractivity contribution in [1.29, 1.82) is 0 Å². The van der Waals surface area contributed by atoms with Gasteiger partial charge < -0.3 is 4.43 Å². The molecule has 0 N–H and O–H groups in total. The van der Waals surface area contributed by atoms with Gasteiger partial charge in [-0.05, 0) is 54.4 Å². The molecule has 0 aliphatic heterocycles. The first-order valence-corrected chi connectivity index (χ1v) is 12.5. The second kappa shape index (κ2) is 10.1. The lowest BCUT2D eigenvalue weighted by Crippen LogP contribution is -2.37. The van der Waals surface area contributed by atoms with Crippen LogP contribution in [0.15, 0.2) is 54.6 Å². The monoisotopic (exact) mass is 388 g/mol. The van der Waals surface area contributed by atoms with Crippen molar-refractivity contribution in [2.24, 2.45) is 0 Å². The van der Waals surface area contributed by atoms with Crippen LogP contribution >= 0.6 is 11.6 Å². The Bertz CT molecular complexity index is 673. The van der Waals surface area contributed by atoms with Gasteiger partial charge in [-0.25, -0.2) is 0 Å². The summed E-state index contributed by atoms with van der Waals surface area (Å²) in [5.41, 5.74) is 1.88. The zero-order chi connectivity index (χ0) is 19.0. The van der Waals surface area contributed by atoms with Crippen LogP contribution in [0.1, 0.15) is 55.6 Å². The summed E-state index contributed by atoms with van der Waals surface area (Å²) in [4.78, 5) is 12.6. The Kier molecular flexibility index (Phi) is 8.07. The van der Waals surface area contributed by atoms with Gasteiger partial charge in [-0.3, -0.25) is 4.79 Å². The molecule has 0 spiro atoms. The molecular weight excluding hydrogens is 360 g/mol. The maximum absolute atomic E-state index is 12.6. The first-order chi connectivity index (χ1) is 12.5. The third-order valence-electron chi connectivity index (χ3n) is 5.30. The highest BCUT2D eigenvalue weighted by Crippen LogP contribution is 2.33. The van der Waals surface area contributed by atoms with Gasteiger partial charge in [-0.2, -0.15) is 0 Å². The molecule has 0 heterocycles. The number of hydrogen-bond acceptors (Lipinski definition) is 2. The molecule has 2 aromatic carbocycles. The van der Waals surface area contributed by atoms with E-state index in [1.54, 1.807) is 24.3 Å². The molecule has 0 radical (unpaired) electrons. The Balaban J connectivity index is 2.14. The second-order valence-electron chi connectivity index (χ2n) is 6.73. The van der Waals surface area contributed by atoms with E-state index in [1.165, 1.54) is 5.56 Å². The fourth-order valence-corrected chi connectivity index (χ4v) is 6.29. The first-order valence-electron chi connectivity index (χ1n) is 9.55. The summed E-state index contributed by atoms with van der Waals surface area (Å²) in [7, 11) is -1.75. The van der Waals surface area contributed by atoms with E-state index >= 15 is 0 Å². The highest BCUT2D eigenvalue weighted by atomic mass is 35.5. The third-order valence-corrected chi connectivity index (χ3v) is 10.2. The van der Waals surface area contributed by atoms with Gasteiger partial charge in [0, 0.05) is 17.0 Å². The average molecular weight is 389 g/mol. The Morgan fingerprint density at radius 2 is 1.54 bits per heavy atom. The van der Waals surface area contributed by atoms with Gasteiger partial charge in [0.1, 0.15) is 0 Å². The van der Waals surface area contributed by atoms with Gasteiger partial charge in [-0.15, -0.1) is 0 Å². The standard InChI is InChI=1S/C22H29ClO2Si/c1-4-26(5-2,6-3)25-22(19-10-8-7-9-11-19)17-16-21(24)18-12-14-20(23)15-13-18/h7-15,22H,4-6,16-17H2,1-3H3. The lowest BCUT2D eigenvalue weighted by molar-refractivity contribution is 0.0948. The summed E-state index contributed by atoms with van der Waals surface area (Å²) in [6, 6.07) is 20.8.